The molecular weight excluding hydrogens is 374 g/mol. The number of amides is 1. The number of phenolic OH excluding ortho intramolecular Hbond substituents is 1. The zero-order valence-corrected chi connectivity index (χ0v) is 16.5. The van der Waals surface area contributed by atoms with Gasteiger partial charge in [-0.1, -0.05) is 48.9 Å². The molecule has 3 aromatic carbocycles. The molecule has 0 spiro atoms. The van der Waals surface area contributed by atoms with Crippen LogP contribution in [0.5, 0.6) is 5.75 Å². The summed E-state index contributed by atoms with van der Waals surface area (Å²) in [6, 6.07) is 16.2. The second kappa shape index (κ2) is 8.76. The first-order valence-corrected chi connectivity index (χ1v) is 9.43. The first kappa shape index (κ1) is 19.7. The maximum absolute atomic E-state index is 12.5. The Bertz CT molecular complexity index is 1030. The lowest BCUT2D eigenvalue weighted by atomic mass is 10.0. The molecule has 0 heterocycles. The number of carbonyl (C=O) groups is 1. The Morgan fingerprint density at radius 2 is 2.00 bits per heavy atom. The van der Waals surface area contributed by atoms with Gasteiger partial charge in [-0.15, -0.1) is 0 Å². The van der Waals surface area contributed by atoms with E-state index in [2.05, 4.69) is 15.8 Å². The van der Waals surface area contributed by atoms with Crippen LogP contribution in [0.1, 0.15) is 24.5 Å². The van der Waals surface area contributed by atoms with Crippen LogP contribution in [0.3, 0.4) is 0 Å². The zero-order chi connectivity index (χ0) is 20.1. The molecule has 0 aliphatic rings. The minimum absolute atomic E-state index is 0.110. The summed E-state index contributed by atoms with van der Waals surface area (Å²) < 4.78 is 0. The lowest BCUT2D eigenvalue weighted by molar-refractivity contribution is -0.121. The fourth-order valence-corrected chi connectivity index (χ4v) is 3.21. The highest BCUT2D eigenvalue weighted by molar-refractivity contribution is 6.30. The molecule has 0 fully saturated rings. The summed E-state index contributed by atoms with van der Waals surface area (Å²) in [4.78, 5) is 12.5. The molecule has 3 rings (SSSR count). The van der Waals surface area contributed by atoms with E-state index in [9.17, 15) is 9.90 Å². The van der Waals surface area contributed by atoms with Crippen molar-refractivity contribution < 1.29 is 9.90 Å². The van der Waals surface area contributed by atoms with Gasteiger partial charge in [0.2, 0.25) is 0 Å². The van der Waals surface area contributed by atoms with E-state index < -0.39 is 6.04 Å². The predicted molar refractivity (Wildman–Crippen MR) is 115 cm³/mol. The predicted octanol–water partition coefficient (Wildman–Crippen LogP) is 4.85. The number of hydrogen-bond acceptors (Lipinski definition) is 4. The molecule has 1 amide bonds. The maximum Gasteiger partial charge on any atom is 0.262 e. The summed E-state index contributed by atoms with van der Waals surface area (Å²) in [6.45, 7) is 3.85. The minimum atomic E-state index is -0.446. The van der Waals surface area contributed by atoms with E-state index in [0.29, 0.717) is 17.0 Å². The number of halogens is 1. The molecular formula is C22H22ClN3O2. The van der Waals surface area contributed by atoms with Crippen LogP contribution in [-0.2, 0) is 4.79 Å². The average Bonchev–Trinajstić information content (AvgIpc) is 2.69. The molecule has 0 aromatic heterocycles. The van der Waals surface area contributed by atoms with Crippen molar-refractivity contribution in [1.29, 1.82) is 0 Å². The maximum atomic E-state index is 12.5. The lowest BCUT2D eigenvalue weighted by Gasteiger charge is -2.18. The van der Waals surface area contributed by atoms with Crippen LogP contribution < -0.4 is 10.7 Å². The molecule has 3 aromatic rings. The third-order valence-corrected chi connectivity index (χ3v) is 4.79. The van der Waals surface area contributed by atoms with Gasteiger partial charge in [-0.2, -0.15) is 5.10 Å². The van der Waals surface area contributed by atoms with Crippen LogP contribution >= 0.6 is 11.6 Å². The average molecular weight is 396 g/mol. The fourth-order valence-electron chi connectivity index (χ4n) is 2.99. The highest BCUT2D eigenvalue weighted by atomic mass is 35.5. The van der Waals surface area contributed by atoms with Gasteiger partial charge in [0.1, 0.15) is 11.8 Å². The summed E-state index contributed by atoms with van der Waals surface area (Å²) in [5.41, 5.74) is 4.93. The molecule has 6 heteroatoms. The van der Waals surface area contributed by atoms with Crippen LogP contribution in [0.15, 0.2) is 59.7 Å². The molecule has 0 aliphatic heterocycles. The van der Waals surface area contributed by atoms with Crippen molar-refractivity contribution >= 4 is 40.2 Å². The molecule has 0 saturated carbocycles. The lowest BCUT2D eigenvalue weighted by Crippen LogP contribution is -2.37. The van der Waals surface area contributed by atoms with Crippen LogP contribution in [0.2, 0.25) is 5.02 Å². The van der Waals surface area contributed by atoms with Crippen molar-refractivity contribution in [3.63, 3.8) is 0 Å². The van der Waals surface area contributed by atoms with E-state index in [1.807, 2.05) is 56.3 Å². The number of carbonyl (C=O) groups excluding carboxylic acids is 1. The van der Waals surface area contributed by atoms with Crippen LogP contribution in [-0.4, -0.2) is 23.3 Å². The van der Waals surface area contributed by atoms with Gasteiger partial charge in [-0.05, 0) is 53.9 Å². The molecule has 144 valence electrons. The number of rotatable bonds is 6. The number of aryl methyl sites for hydroxylation is 1. The summed E-state index contributed by atoms with van der Waals surface area (Å²) in [5.74, 6) is -0.147. The number of hydrazone groups is 1. The number of nitrogens with one attached hydrogen (secondary N) is 2. The van der Waals surface area contributed by atoms with Crippen molar-refractivity contribution in [2.45, 2.75) is 26.3 Å². The largest absolute Gasteiger partial charge is 0.507 e. The Kier molecular flexibility index (Phi) is 6.16. The number of anilines is 1. The van der Waals surface area contributed by atoms with E-state index in [1.165, 1.54) is 6.21 Å². The molecule has 5 nitrogen and oxygen atoms in total. The number of nitrogens with zero attached hydrogens (tertiary/aromatic N) is 1. The van der Waals surface area contributed by atoms with Crippen LogP contribution in [0.25, 0.3) is 10.8 Å². The molecule has 0 saturated heterocycles. The van der Waals surface area contributed by atoms with Crippen LogP contribution in [0.4, 0.5) is 5.69 Å². The highest BCUT2D eigenvalue weighted by Gasteiger charge is 2.16. The van der Waals surface area contributed by atoms with Gasteiger partial charge < -0.3 is 10.4 Å². The minimum Gasteiger partial charge on any atom is -0.507 e. The van der Waals surface area contributed by atoms with Gasteiger partial charge in [0.25, 0.3) is 5.91 Å². The molecule has 0 aliphatic carbocycles. The first-order valence-electron chi connectivity index (χ1n) is 9.06. The third-order valence-electron chi connectivity index (χ3n) is 4.56. The Morgan fingerprint density at radius 1 is 1.21 bits per heavy atom. The molecule has 0 radical (unpaired) electrons. The third kappa shape index (κ3) is 4.43. The number of phenols is 1. The zero-order valence-electron chi connectivity index (χ0n) is 15.7. The van der Waals surface area contributed by atoms with Gasteiger partial charge >= 0.3 is 0 Å². The Hall–Kier alpha value is -3.05. The van der Waals surface area contributed by atoms with E-state index in [4.69, 9.17) is 11.6 Å². The van der Waals surface area contributed by atoms with Gasteiger partial charge in [-0.25, -0.2) is 5.43 Å². The number of benzene rings is 3. The van der Waals surface area contributed by atoms with Crippen LogP contribution in [0, 0.1) is 6.92 Å². The van der Waals surface area contributed by atoms with Gasteiger partial charge in [0.05, 0.1) is 6.21 Å². The van der Waals surface area contributed by atoms with E-state index in [0.717, 1.165) is 22.0 Å². The SMILES string of the molecule is CCC(Nc1ccc(Cl)cc1C)C(=O)N/N=C/c1c(O)ccc2ccccc12. The Labute approximate surface area is 169 Å². The quantitative estimate of drug-likeness (QED) is 0.412. The summed E-state index contributed by atoms with van der Waals surface area (Å²) in [7, 11) is 0. The number of hydrogen-bond donors (Lipinski definition) is 3. The van der Waals surface area contributed by atoms with E-state index >= 15 is 0 Å². The summed E-state index contributed by atoms with van der Waals surface area (Å²) in [5, 5.41) is 19.9. The molecule has 1 atom stereocenters. The van der Waals surface area contributed by atoms with Crippen molar-refractivity contribution in [3.8, 4) is 5.75 Å². The van der Waals surface area contributed by atoms with Crippen molar-refractivity contribution in [1.82, 2.24) is 5.43 Å². The van der Waals surface area contributed by atoms with Crippen molar-refractivity contribution in [3.05, 3.63) is 70.7 Å². The van der Waals surface area contributed by atoms with Crippen molar-refractivity contribution in [2.24, 2.45) is 5.10 Å². The van der Waals surface area contributed by atoms with Crippen molar-refractivity contribution in [2.75, 3.05) is 5.32 Å². The molecule has 1 unspecified atom stereocenters. The van der Waals surface area contributed by atoms with Gasteiger partial charge in [-0.3, -0.25) is 4.79 Å². The summed E-state index contributed by atoms with van der Waals surface area (Å²) >= 11 is 5.98. The van der Waals surface area contributed by atoms with E-state index in [1.54, 1.807) is 12.1 Å². The monoisotopic (exact) mass is 395 g/mol. The molecule has 28 heavy (non-hydrogen) atoms. The number of fused-ring (bicyclic) bond motifs is 1. The van der Waals surface area contributed by atoms with Gasteiger partial charge in [0, 0.05) is 16.3 Å². The number of aromatic hydroxyl groups is 1. The smallest absolute Gasteiger partial charge is 0.262 e. The summed E-state index contributed by atoms with van der Waals surface area (Å²) in [6.07, 6.45) is 2.05. The standard InChI is InChI=1S/C22H22ClN3O2/c1-3-19(25-20-10-9-16(23)12-14(20)2)22(28)26-24-13-18-17-7-5-4-6-15(17)8-11-21(18)27/h4-13,19,25,27H,3H2,1-2H3,(H,26,28)/b24-13+. The molecule has 0 bridgehead atoms. The molecule has 3 N–H and O–H groups in total. The fraction of sp³-hybridized carbons (Fsp3) is 0.182. The highest BCUT2D eigenvalue weighted by Crippen LogP contribution is 2.25. The first-order chi connectivity index (χ1) is 13.5. The Morgan fingerprint density at radius 3 is 2.75 bits per heavy atom. The second-order valence-electron chi connectivity index (χ2n) is 6.52. The van der Waals surface area contributed by atoms with Gasteiger partial charge in [0.15, 0.2) is 0 Å². The Balaban J connectivity index is 1.73. The topological polar surface area (TPSA) is 73.7 Å². The second-order valence-corrected chi connectivity index (χ2v) is 6.95. The van der Waals surface area contributed by atoms with E-state index in [-0.39, 0.29) is 11.7 Å². The normalized spacial score (nSPS) is 12.2.